The van der Waals surface area contributed by atoms with Crippen LogP contribution >= 0.6 is 0 Å². The molecule has 0 spiro atoms. The Bertz CT molecular complexity index is 333. The molecule has 94 valence electrons. The molecule has 0 aromatic carbocycles. The molecule has 6 heteroatoms. The van der Waals surface area contributed by atoms with Gasteiger partial charge in [-0.05, 0) is 12.8 Å². The second-order valence-electron chi connectivity index (χ2n) is 4.07. The van der Waals surface area contributed by atoms with E-state index in [4.69, 9.17) is 4.74 Å². The van der Waals surface area contributed by atoms with Gasteiger partial charge in [0.1, 0.15) is 0 Å². The Morgan fingerprint density at radius 1 is 1.53 bits per heavy atom. The third kappa shape index (κ3) is 4.07. The molecule has 6 nitrogen and oxygen atoms in total. The van der Waals surface area contributed by atoms with Gasteiger partial charge in [-0.3, -0.25) is 0 Å². The molecule has 0 saturated carbocycles. The number of carbonyl (C=O) groups excluding carboxylic acids is 1. The summed E-state index contributed by atoms with van der Waals surface area (Å²) in [7, 11) is 0. The van der Waals surface area contributed by atoms with Crippen LogP contribution in [0, 0.1) is 0 Å². The molecular weight excluding hydrogens is 220 g/mol. The van der Waals surface area contributed by atoms with Gasteiger partial charge in [0.15, 0.2) is 0 Å². The molecule has 0 unspecified atom stereocenters. The molecule has 1 aliphatic rings. The standard InChI is InChI=1S/C11H18N4O2/c16-11(14-8-10-2-1-7-17-10)13-4-6-15-5-3-12-9-15/h3,5,9-10H,1-2,4,6-8H2,(H2,13,14,16)/t10-/m0/s1. The van der Waals surface area contributed by atoms with Crippen molar-refractivity contribution in [1.82, 2.24) is 20.2 Å². The first-order chi connectivity index (χ1) is 8.34. The van der Waals surface area contributed by atoms with Gasteiger partial charge in [-0.2, -0.15) is 0 Å². The average Bonchev–Trinajstić information content (AvgIpc) is 2.99. The summed E-state index contributed by atoms with van der Waals surface area (Å²) in [5.41, 5.74) is 0. The van der Waals surface area contributed by atoms with Crippen LogP contribution < -0.4 is 10.6 Å². The maximum absolute atomic E-state index is 11.4. The number of hydrogen-bond donors (Lipinski definition) is 2. The van der Waals surface area contributed by atoms with Crippen LogP contribution in [0.25, 0.3) is 0 Å². The van der Waals surface area contributed by atoms with Crippen molar-refractivity contribution in [3.63, 3.8) is 0 Å². The van der Waals surface area contributed by atoms with Gasteiger partial charge in [-0.1, -0.05) is 0 Å². The molecule has 17 heavy (non-hydrogen) atoms. The number of imidazole rings is 1. The minimum atomic E-state index is -0.138. The molecule has 2 N–H and O–H groups in total. The summed E-state index contributed by atoms with van der Waals surface area (Å²) in [4.78, 5) is 15.4. The van der Waals surface area contributed by atoms with E-state index in [1.165, 1.54) is 0 Å². The van der Waals surface area contributed by atoms with E-state index >= 15 is 0 Å². The van der Waals surface area contributed by atoms with Gasteiger partial charge < -0.3 is 19.9 Å². The third-order valence-corrected chi connectivity index (χ3v) is 2.73. The van der Waals surface area contributed by atoms with Crippen molar-refractivity contribution in [3.05, 3.63) is 18.7 Å². The van der Waals surface area contributed by atoms with Gasteiger partial charge in [-0.15, -0.1) is 0 Å². The Labute approximate surface area is 100 Å². The number of nitrogens with zero attached hydrogens (tertiary/aromatic N) is 2. The van der Waals surface area contributed by atoms with E-state index in [9.17, 15) is 4.79 Å². The summed E-state index contributed by atoms with van der Waals surface area (Å²) < 4.78 is 7.33. The zero-order valence-corrected chi connectivity index (χ0v) is 9.76. The zero-order chi connectivity index (χ0) is 11.9. The highest BCUT2D eigenvalue weighted by molar-refractivity contribution is 5.73. The van der Waals surface area contributed by atoms with Gasteiger partial charge in [0.05, 0.1) is 12.4 Å². The van der Waals surface area contributed by atoms with Crippen LogP contribution in [0.2, 0.25) is 0 Å². The van der Waals surface area contributed by atoms with Gasteiger partial charge in [0, 0.05) is 38.6 Å². The maximum atomic E-state index is 11.4. The van der Waals surface area contributed by atoms with Crippen LogP contribution in [0.4, 0.5) is 4.79 Å². The Morgan fingerprint density at radius 3 is 3.18 bits per heavy atom. The number of urea groups is 1. The monoisotopic (exact) mass is 238 g/mol. The van der Waals surface area contributed by atoms with Gasteiger partial charge in [-0.25, -0.2) is 9.78 Å². The van der Waals surface area contributed by atoms with Crippen molar-refractivity contribution < 1.29 is 9.53 Å². The summed E-state index contributed by atoms with van der Waals surface area (Å²) in [5.74, 6) is 0. The van der Waals surface area contributed by atoms with Crippen molar-refractivity contribution >= 4 is 6.03 Å². The topological polar surface area (TPSA) is 68.2 Å². The molecular formula is C11H18N4O2. The van der Waals surface area contributed by atoms with E-state index in [0.29, 0.717) is 13.1 Å². The van der Waals surface area contributed by atoms with E-state index in [1.54, 1.807) is 12.5 Å². The molecule has 1 saturated heterocycles. The number of hydrogen-bond acceptors (Lipinski definition) is 3. The second kappa shape index (κ2) is 6.24. The van der Waals surface area contributed by atoms with Crippen molar-refractivity contribution in [2.24, 2.45) is 0 Å². The first-order valence-corrected chi connectivity index (χ1v) is 5.93. The quantitative estimate of drug-likeness (QED) is 0.778. The number of nitrogens with one attached hydrogen (secondary N) is 2. The molecule has 1 aliphatic heterocycles. The Kier molecular flexibility index (Phi) is 4.37. The van der Waals surface area contributed by atoms with Gasteiger partial charge >= 0.3 is 6.03 Å². The van der Waals surface area contributed by atoms with Crippen LogP contribution in [-0.4, -0.2) is 41.4 Å². The highest BCUT2D eigenvalue weighted by Crippen LogP contribution is 2.10. The van der Waals surface area contributed by atoms with Crippen LogP contribution in [0.15, 0.2) is 18.7 Å². The fourth-order valence-electron chi connectivity index (χ4n) is 1.79. The van der Waals surface area contributed by atoms with E-state index in [-0.39, 0.29) is 12.1 Å². The van der Waals surface area contributed by atoms with Crippen LogP contribution in [-0.2, 0) is 11.3 Å². The van der Waals surface area contributed by atoms with Crippen molar-refractivity contribution in [1.29, 1.82) is 0 Å². The molecule has 2 amide bonds. The normalized spacial score (nSPS) is 19.2. The molecule has 0 radical (unpaired) electrons. The lowest BCUT2D eigenvalue weighted by molar-refractivity contribution is 0.111. The average molecular weight is 238 g/mol. The summed E-state index contributed by atoms with van der Waals surface area (Å²) in [6.45, 7) is 2.73. The SMILES string of the molecule is O=C(NCCn1ccnc1)NC[C@@H]1CCCO1. The molecule has 1 aromatic heterocycles. The van der Waals surface area contributed by atoms with Gasteiger partial charge in [0.2, 0.25) is 0 Å². The van der Waals surface area contributed by atoms with Gasteiger partial charge in [0.25, 0.3) is 0 Å². The smallest absolute Gasteiger partial charge is 0.314 e. The predicted octanol–water partition coefficient (Wildman–Crippen LogP) is 0.361. The first-order valence-electron chi connectivity index (χ1n) is 5.93. The second-order valence-corrected chi connectivity index (χ2v) is 4.07. The summed E-state index contributed by atoms with van der Waals surface area (Å²) in [6.07, 6.45) is 7.63. The lowest BCUT2D eigenvalue weighted by atomic mass is 10.2. The summed E-state index contributed by atoms with van der Waals surface area (Å²) in [6, 6.07) is -0.138. The minimum absolute atomic E-state index is 0.138. The molecule has 2 rings (SSSR count). The Hall–Kier alpha value is -1.56. The Balaban J connectivity index is 1.54. The first kappa shape index (κ1) is 11.9. The minimum Gasteiger partial charge on any atom is -0.376 e. The van der Waals surface area contributed by atoms with Crippen molar-refractivity contribution in [2.75, 3.05) is 19.7 Å². The molecule has 1 aromatic rings. The highest BCUT2D eigenvalue weighted by Gasteiger charge is 2.15. The van der Waals surface area contributed by atoms with E-state index in [1.807, 2.05) is 10.8 Å². The molecule has 2 heterocycles. The number of aromatic nitrogens is 2. The van der Waals surface area contributed by atoms with E-state index < -0.39 is 0 Å². The lowest BCUT2D eigenvalue weighted by Crippen LogP contribution is -2.40. The van der Waals surface area contributed by atoms with E-state index in [0.717, 1.165) is 26.0 Å². The predicted molar refractivity (Wildman–Crippen MR) is 62.6 cm³/mol. The van der Waals surface area contributed by atoms with Crippen LogP contribution in [0.1, 0.15) is 12.8 Å². The molecule has 1 fully saturated rings. The largest absolute Gasteiger partial charge is 0.376 e. The number of carbonyl (C=O) groups is 1. The lowest BCUT2D eigenvalue weighted by Gasteiger charge is -2.11. The number of amides is 2. The molecule has 0 aliphatic carbocycles. The zero-order valence-electron chi connectivity index (χ0n) is 9.76. The van der Waals surface area contributed by atoms with E-state index in [2.05, 4.69) is 15.6 Å². The summed E-state index contributed by atoms with van der Waals surface area (Å²) >= 11 is 0. The van der Waals surface area contributed by atoms with Crippen LogP contribution in [0.3, 0.4) is 0 Å². The molecule has 1 atom stereocenters. The van der Waals surface area contributed by atoms with Crippen LogP contribution in [0.5, 0.6) is 0 Å². The summed E-state index contributed by atoms with van der Waals surface area (Å²) in [5, 5.41) is 5.60. The Morgan fingerprint density at radius 2 is 2.47 bits per heavy atom. The van der Waals surface area contributed by atoms with Crippen molar-refractivity contribution in [3.8, 4) is 0 Å². The van der Waals surface area contributed by atoms with Crippen molar-refractivity contribution in [2.45, 2.75) is 25.5 Å². The number of rotatable bonds is 5. The maximum Gasteiger partial charge on any atom is 0.314 e. The number of ether oxygens (including phenoxy) is 1. The third-order valence-electron chi connectivity index (χ3n) is 2.73. The fourth-order valence-corrected chi connectivity index (χ4v) is 1.79. The molecule has 0 bridgehead atoms. The highest BCUT2D eigenvalue weighted by atomic mass is 16.5. The fraction of sp³-hybridized carbons (Fsp3) is 0.636.